The highest BCUT2D eigenvalue weighted by molar-refractivity contribution is 7.98. The predicted molar refractivity (Wildman–Crippen MR) is 142 cm³/mol. The zero-order valence-electron chi connectivity index (χ0n) is 20.0. The van der Waals surface area contributed by atoms with Gasteiger partial charge in [-0.1, -0.05) is 49.3 Å². The Morgan fingerprint density at radius 2 is 1.97 bits per heavy atom. The third-order valence-electron chi connectivity index (χ3n) is 5.46. The number of carbonyl (C=O) groups is 1. The zero-order valence-corrected chi connectivity index (χ0v) is 21.6. The minimum Gasteiger partial charge on any atom is -0.497 e. The van der Waals surface area contributed by atoms with Crippen LogP contribution in [0.1, 0.15) is 29.8 Å². The van der Waals surface area contributed by atoms with Crippen molar-refractivity contribution in [2.75, 3.05) is 13.7 Å². The Balaban J connectivity index is 1.81. The number of amides is 1. The van der Waals surface area contributed by atoms with Gasteiger partial charge in [0.25, 0.3) is 11.5 Å². The van der Waals surface area contributed by atoms with E-state index in [2.05, 4.69) is 5.32 Å². The summed E-state index contributed by atoms with van der Waals surface area (Å²) in [6.45, 7) is 4.57. The molecule has 186 valence electrons. The molecule has 0 aliphatic carbocycles. The van der Waals surface area contributed by atoms with Crippen molar-refractivity contribution in [2.45, 2.75) is 24.8 Å². The topological polar surface area (TPSA) is 73.2 Å². The Bertz CT molecular complexity index is 1490. The van der Waals surface area contributed by atoms with E-state index < -0.39 is 5.82 Å². The fourth-order valence-corrected chi connectivity index (χ4v) is 4.89. The van der Waals surface area contributed by atoms with Crippen LogP contribution < -0.4 is 15.6 Å². The molecule has 4 rings (SSSR count). The Labute approximate surface area is 217 Å². The molecule has 36 heavy (non-hydrogen) atoms. The molecule has 1 amide bonds. The SMILES string of the molecule is COc1cccc(-n2c(SCc3ccc(F)cc3Cl)nc3cc(C(=O)NCC(C)C)ccc3c2=O)c1. The number of hydrogen-bond acceptors (Lipinski definition) is 5. The van der Waals surface area contributed by atoms with E-state index in [9.17, 15) is 14.0 Å². The third kappa shape index (κ3) is 5.71. The number of aromatic nitrogens is 2. The number of ether oxygens (including phenoxy) is 1. The average Bonchev–Trinajstić information content (AvgIpc) is 2.86. The standard InChI is InChI=1S/C27H25ClFN3O3S/c1-16(2)14-30-25(33)17-8-10-22-24(11-17)31-27(36-15-18-7-9-19(29)12-23(18)28)32(26(22)34)20-5-4-6-21(13-20)35-3/h4-13,16H,14-15H2,1-3H3,(H,30,33). The molecule has 0 spiro atoms. The van der Waals surface area contributed by atoms with Gasteiger partial charge in [-0.25, -0.2) is 9.37 Å². The highest BCUT2D eigenvalue weighted by Gasteiger charge is 2.17. The summed E-state index contributed by atoms with van der Waals surface area (Å²) in [4.78, 5) is 31.0. The Morgan fingerprint density at radius 1 is 1.17 bits per heavy atom. The van der Waals surface area contributed by atoms with Crippen LogP contribution in [0.5, 0.6) is 5.75 Å². The number of benzene rings is 3. The molecule has 0 fully saturated rings. The van der Waals surface area contributed by atoms with E-state index in [4.69, 9.17) is 21.3 Å². The van der Waals surface area contributed by atoms with E-state index in [0.29, 0.717) is 61.9 Å². The summed E-state index contributed by atoms with van der Waals surface area (Å²) in [5.74, 6) is 0.610. The van der Waals surface area contributed by atoms with Crippen molar-refractivity contribution in [3.8, 4) is 11.4 Å². The Morgan fingerprint density at radius 3 is 2.69 bits per heavy atom. The largest absolute Gasteiger partial charge is 0.497 e. The molecular formula is C27H25ClFN3O3S. The molecule has 0 aliphatic heterocycles. The molecule has 1 N–H and O–H groups in total. The van der Waals surface area contributed by atoms with Crippen molar-refractivity contribution in [3.05, 3.63) is 93.0 Å². The minimum absolute atomic E-state index is 0.225. The highest BCUT2D eigenvalue weighted by Crippen LogP contribution is 2.29. The number of hydrogen-bond donors (Lipinski definition) is 1. The monoisotopic (exact) mass is 525 g/mol. The number of carbonyl (C=O) groups excluding carboxylic acids is 1. The number of halogens is 2. The van der Waals surface area contributed by atoms with Crippen LogP contribution in [0, 0.1) is 11.7 Å². The lowest BCUT2D eigenvalue weighted by molar-refractivity contribution is 0.0949. The summed E-state index contributed by atoms with van der Waals surface area (Å²) in [6.07, 6.45) is 0. The second kappa shape index (κ2) is 11.1. The van der Waals surface area contributed by atoms with E-state index in [0.717, 1.165) is 0 Å². The van der Waals surface area contributed by atoms with Gasteiger partial charge in [-0.05, 0) is 53.9 Å². The van der Waals surface area contributed by atoms with Gasteiger partial charge in [0.1, 0.15) is 11.6 Å². The van der Waals surface area contributed by atoms with Crippen molar-refractivity contribution in [1.29, 1.82) is 0 Å². The maximum atomic E-state index is 13.7. The van der Waals surface area contributed by atoms with Crippen LogP contribution in [-0.2, 0) is 5.75 Å². The van der Waals surface area contributed by atoms with Crippen LogP contribution in [-0.4, -0.2) is 29.1 Å². The second-order valence-electron chi connectivity index (χ2n) is 8.60. The van der Waals surface area contributed by atoms with Gasteiger partial charge in [0, 0.05) is 29.0 Å². The lowest BCUT2D eigenvalue weighted by Crippen LogP contribution is -2.27. The molecule has 0 unspecified atom stereocenters. The van der Waals surface area contributed by atoms with E-state index >= 15 is 0 Å². The average molecular weight is 526 g/mol. The number of methoxy groups -OCH3 is 1. The molecule has 0 saturated heterocycles. The summed E-state index contributed by atoms with van der Waals surface area (Å²) in [6, 6.07) is 16.2. The first-order valence-electron chi connectivity index (χ1n) is 11.3. The molecule has 0 radical (unpaired) electrons. The van der Waals surface area contributed by atoms with Crippen molar-refractivity contribution in [2.24, 2.45) is 5.92 Å². The van der Waals surface area contributed by atoms with E-state index in [1.54, 1.807) is 55.6 Å². The van der Waals surface area contributed by atoms with Crippen molar-refractivity contribution in [1.82, 2.24) is 14.9 Å². The van der Waals surface area contributed by atoms with E-state index in [1.807, 2.05) is 13.8 Å². The van der Waals surface area contributed by atoms with Crippen molar-refractivity contribution >= 4 is 40.2 Å². The molecular weight excluding hydrogens is 501 g/mol. The van der Waals surface area contributed by atoms with Gasteiger partial charge in [0.05, 0.1) is 23.7 Å². The van der Waals surface area contributed by atoms with Crippen LogP contribution >= 0.6 is 23.4 Å². The van der Waals surface area contributed by atoms with E-state index in [-0.39, 0.29) is 11.5 Å². The molecule has 0 bridgehead atoms. The molecule has 3 aromatic carbocycles. The molecule has 0 atom stereocenters. The molecule has 0 aliphatic rings. The molecule has 1 aromatic heterocycles. The predicted octanol–water partition coefficient (Wildman–Crippen LogP) is 5.86. The van der Waals surface area contributed by atoms with Gasteiger partial charge < -0.3 is 10.1 Å². The zero-order chi connectivity index (χ0) is 25.8. The number of fused-ring (bicyclic) bond motifs is 1. The third-order valence-corrected chi connectivity index (χ3v) is 6.79. The summed E-state index contributed by atoms with van der Waals surface area (Å²) >= 11 is 7.51. The number of thioether (sulfide) groups is 1. The maximum Gasteiger partial charge on any atom is 0.266 e. The van der Waals surface area contributed by atoms with Gasteiger partial charge in [-0.3, -0.25) is 14.2 Å². The van der Waals surface area contributed by atoms with E-state index in [1.165, 1.54) is 28.5 Å². The summed E-state index contributed by atoms with van der Waals surface area (Å²) in [5.41, 5.74) is 1.84. The van der Waals surface area contributed by atoms with Gasteiger partial charge in [0.2, 0.25) is 0 Å². The first kappa shape index (κ1) is 25.7. The lowest BCUT2D eigenvalue weighted by atomic mass is 10.1. The number of rotatable bonds is 8. The quantitative estimate of drug-likeness (QED) is 0.230. The van der Waals surface area contributed by atoms with Crippen molar-refractivity contribution in [3.63, 3.8) is 0 Å². The fraction of sp³-hybridized carbons (Fsp3) is 0.222. The number of nitrogens with zero attached hydrogens (tertiary/aromatic N) is 2. The van der Waals surface area contributed by atoms with Crippen LogP contribution in [0.25, 0.3) is 16.6 Å². The first-order chi connectivity index (χ1) is 17.3. The first-order valence-corrected chi connectivity index (χ1v) is 12.7. The number of nitrogens with one attached hydrogen (secondary N) is 1. The van der Waals surface area contributed by atoms with Gasteiger partial charge >= 0.3 is 0 Å². The van der Waals surface area contributed by atoms with Gasteiger partial charge in [-0.15, -0.1) is 0 Å². The summed E-state index contributed by atoms with van der Waals surface area (Å²) < 4.78 is 20.4. The van der Waals surface area contributed by atoms with Crippen molar-refractivity contribution < 1.29 is 13.9 Å². The smallest absolute Gasteiger partial charge is 0.266 e. The highest BCUT2D eigenvalue weighted by atomic mass is 35.5. The van der Waals surface area contributed by atoms with Gasteiger partial charge in [0.15, 0.2) is 5.16 Å². The van der Waals surface area contributed by atoms with Crippen LogP contribution in [0.2, 0.25) is 5.02 Å². The molecule has 1 heterocycles. The molecule has 9 heteroatoms. The second-order valence-corrected chi connectivity index (χ2v) is 9.95. The Hall–Kier alpha value is -3.36. The van der Waals surface area contributed by atoms with Crippen LogP contribution in [0.4, 0.5) is 4.39 Å². The van der Waals surface area contributed by atoms with Crippen LogP contribution in [0.3, 0.4) is 0 Å². The Kier molecular flexibility index (Phi) is 7.96. The molecule has 6 nitrogen and oxygen atoms in total. The maximum absolute atomic E-state index is 13.7. The fourth-order valence-electron chi connectivity index (χ4n) is 3.56. The van der Waals surface area contributed by atoms with Crippen LogP contribution in [0.15, 0.2) is 70.6 Å². The normalized spacial score (nSPS) is 11.2. The molecule has 4 aromatic rings. The summed E-state index contributed by atoms with van der Waals surface area (Å²) in [5, 5.41) is 3.96. The van der Waals surface area contributed by atoms with Gasteiger partial charge in [-0.2, -0.15) is 0 Å². The molecule has 0 saturated carbocycles. The lowest BCUT2D eigenvalue weighted by Gasteiger charge is -2.15. The minimum atomic E-state index is -0.422. The summed E-state index contributed by atoms with van der Waals surface area (Å²) in [7, 11) is 1.55.